The Morgan fingerprint density at radius 3 is 2.94 bits per heavy atom. The van der Waals surface area contributed by atoms with Crippen LogP contribution in [0.1, 0.15) is 24.1 Å². The number of pyridine rings is 1. The average molecular weight is 462 g/mol. The summed E-state index contributed by atoms with van der Waals surface area (Å²) in [6.07, 6.45) is 3.38. The summed E-state index contributed by atoms with van der Waals surface area (Å²) in [5.41, 5.74) is 9.63. The summed E-state index contributed by atoms with van der Waals surface area (Å²) in [4.78, 5) is 25.7. The number of nitrogens with two attached hydrogens (primary N) is 1. The van der Waals surface area contributed by atoms with Crippen molar-refractivity contribution >= 4 is 51.9 Å². The maximum Gasteiger partial charge on any atom is 0.293 e. The van der Waals surface area contributed by atoms with Gasteiger partial charge in [0.05, 0.1) is 31.6 Å². The SMILES string of the molecule is C[C@H]1c2c(Cl)cc(Cl)cc2CCN1C(=O)[C@H]1CN(c2cncc3nc(N)oc23)CCO1. The van der Waals surface area contributed by atoms with Gasteiger partial charge in [0.15, 0.2) is 11.7 Å². The van der Waals surface area contributed by atoms with Crippen molar-refractivity contribution in [1.82, 2.24) is 14.9 Å². The number of carbonyl (C=O) groups excluding carboxylic acids is 1. The summed E-state index contributed by atoms with van der Waals surface area (Å²) >= 11 is 12.6. The summed E-state index contributed by atoms with van der Waals surface area (Å²) in [7, 11) is 0. The molecule has 0 radical (unpaired) electrons. The van der Waals surface area contributed by atoms with Crippen LogP contribution in [0.15, 0.2) is 28.9 Å². The lowest BCUT2D eigenvalue weighted by molar-refractivity contribution is -0.147. The topological polar surface area (TPSA) is 97.7 Å². The average Bonchev–Trinajstić information content (AvgIpc) is 3.13. The third-order valence-electron chi connectivity index (χ3n) is 5.95. The second-order valence-electron chi connectivity index (χ2n) is 7.78. The highest BCUT2D eigenvalue weighted by molar-refractivity contribution is 6.35. The summed E-state index contributed by atoms with van der Waals surface area (Å²) in [5, 5.41) is 1.19. The lowest BCUT2D eigenvalue weighted by atomic mass is 9.93. The van der Waals surface area contributed by atoms with Crippen molar-refractivity contribution in [2.45, 2.75) is 25.5 Å². The van der Waals surface area contributed by atoms with Gasteiger partial charge in [-0.05, 0) is 36.6 Å². The van der Waals surface area contributed by atoms with Gasteiger partial charge in [0.25, 0.3) is 11.9 Å². The molecule has 0 unspecified atom stereocenters. The first kappa shape index (κ1) is 20.4. The van der Waals surface area contributed by atoms with E-state index in [2.05, 4.69) is 9.97 Å². The van der Waals surface area contributed by atoms with Crippen LogP contribution in [-0.4, -0.2) is 53.1 Å². The van der Waals surface area contributed by atoms with Crippen LogP contribution < -0.4 is 10.6 Å². The van der Waals surface area contributed by atoms with Crippen LogP contribution in [0.5, 0.6) is 0 Å². The Labute approximate surface area is 188 Å². The number of carbonyl (C=O) groups is 1. The number of halogens is 2. The molecule has 0 aliphatic carbocycles. The van der Waals surface area contributed by atoms with Crippen molar-refractivity contribution in [3.05, 3.63) is 45.7 Å². The quantitative estimate of drug-likeness (QED) is 0.623. The Balaban J connectivity index is 1.38. The van der Waals surface area contributed by atoms with Gasteiger partial charge in [-0.1, -0.05) is 23.2 Å². The van der Waals surface area contributed by atoms with E-state index < -0.39 is 6.10 Å². The van der Waals surface area contributed by atoms with E-state index in [1.807, 2.05) is 22.8 Å². The second kappa shape index (κ2) is 7.85. The van der Waals surface area contributed by atoms with Crippen LogP contribution >= 0.6 is 23.2 Å². The first-order valence-corrected chi connectivity index (χ1v) is 10.8. The summed E-state index contributed by atoms with van der Waals surface area (Å²) in [6, 6.07) is 3.57. The number of nitrogens with zero attached hydrogens (tertiary/aromatic N) is 4. The third-order valence-corrected chi connectivity index (χ3v) is 6.48. The number of aromatic nitrogens is 2. The number of rotatable bonds is 2. The first-order valence-electron chi connectivity index (χ1n) is 10.1. The molecule has 1 saturated heterocycles. The van der Waals surface area contributed by atoms with Crippen LogP contribution in [0.2, 0.25) is 10.0 Å². The molecule has 2 aliphatic rings. The molecule has 2 N–H and O–H groups in total. The van der Waals surface area contributed by atoms with Gasteiger partial charge in [-0.25, -0.2) is 0 Å². The summed E-state index contributed by atoms with van der Waals surface area (Å²) in [5.74, 6) is -0.0638. The zero-order valence-corrected chi connectivity index (χ0v) is 18.4. The number of hydrogen-bond acceptors (Lipinski definition) is 7. The number of amides is 1. The molecule has 5 rings (SSSR count). The Morgan fingerprint density at radius 2 is 2.10 bits per heavy atom. The minimum atomic E-state index is -0.612. The highest BCUT2D eigenvalue weighted by atomic mass is 35.5. The molecule has 3 aromatic rings. The van der Waals surface area contributed by atoms with E-state index in [0.717, 1.165) is 16.8 Å². The van der Waals surface area contributed by atoms with Crippen molar-refractivity contribution in [1.29, 1.82) is 0 Å². The van der Waals surface area contributed by atoms with Gasteiger partial charge in [-0.3, -0.25) is 9.78 Å². The fraction of sp³-hybridized carbons (Fsp3) is 0.381. The van der Waals surface area contributed by atoms with Gasteiger partial charge in [0.1, 0.15) is 11.2 Å². The van der Waals surface area contributed by atoms with Crippen LogP contribution in [0.3, 0.4) is 0 Å². The number of oxazole rings is 1. The van der Waals surface area contributed by atoms with Crippen molar-refractivity contribution in [3.63, 3.8) is 0 Å². The number of nitrogen functional groups attached to an aromatic ring is 1. The summed E-state index contributed by atoms with van der Waals surface area (Å²) < 4.78 is 11.4. The Bertz CT molecular complexity index is 1170. The molecular weight excluding hydrogens is 441 g/mol. The molecule has 10 heteroatoms. The van der Waals surface area contributed by atoms with Crippen LogP contribution in [0.4, 0.5) is 11.7 Å². The first-order chi connectivity index (χ1) is 14.9. The smallest absolute Gasteiger partial charge is 0.293 e. The molecule has 162 valence electrons. The molecule has 0 saturated carbocycles. The number of benzene rings is 1. The molecule has 1 aromatic carbocycles. The van der Waals surface area contributed by atoms with Gasteiger partial charge >= 0.3 is 0 Å². The number of morpholine rings is 1. The molecule has 2 aliphatic heterocycles. The fourth-order valence-electron chi connectivity index (χ4n) is 4.49. The van der Waals surface area contributed by atoms with E-state index in [4.69, 9.17) is 38.1 Å². The maximum absolute atomic E-state index is 13.4. The van der Waals surface area contributed by atoms with E-state index in [9.17, 15) is 4.79 Å². The van der Waals surface area contributed by atoms with Crippen molar-refractivity contribution < 1.29 is 13.9 Å². The summed E-state index contributed by atoms with van der Waals surface area (Å²) in [6.45, 7) is 3.96. The van der Waals surface area contributed by atoms with Gasteiger partial charge in [-0.2, -0.15) is 4.98 Å². The molecule has 31 heavy (non-hydrogen) atoms. The van der Waals surface area contributed by atoms with Crippen molar-refractivity contribution in [2.75, 3.05) is 36.9 Å². The lowest BCUT2D eigenvalue weighted by Gasteiger charge is -2.40. The molecular formula is C21H21Cl2N5O3. The van der Waals surface area contributed by atoms with Gasteiger partial charge in [-0.15, -0.1) is 0 Å². The van der Waals surface area contributed by atoms with Gasteiger partial charge < -0.3 is 24.7 Å². The van der Waals surface area contributed by atoms with E-state index in [1.54, 1.807) is 18.5 Å². The lowest BCUT2D eigenvalue weighted by Crippen LogP contribution is -2.53. The van der Waals surface area contributed by atoms with Crippen LogP contribution in [0, 0.1) is 0 Å². The number of ether oxygens (including phenoxy) is 1. The maximum atomic E-state index is 13.4. The highest BCUT2D eigenvalue weighted by Gasteiger charge is 2.36. The van der Waals surface area contributed by atoms with E-state index in [-0.39, 0.29) is 18.0 Å². The molecule has 2 aromatic heterocycles. The van der Waals surface area contributed by atoms with E-state index in [1.165, 1.54) is 0 Å². The molecule has 0 bridgehead atoms. The molecule has 1 fully saturated rings. The highest BCUT2D eigenvalue weighted by Crippen LogP contribution is 2.37. The zero-order valence-electron chi connectivity index (χ0n) is 16.8. The standard InChI is InChI=1S/C21H21Cl2N5O3/c1-11-18-12(6-13(22)7-14(18)23)2-3-28(11)20(29)17-10-27(4-5-30-17)16-9-25-8-15-19(16)31-21(24)26-15/h6-9,11,17H,2-5,10H2,1H3,(H2,24,26)/t11-,17+/m0/s1. The minimum absolute atomic E-state index is 0.0638. The number of hydrogen-bond donors (Lipinski definition) is 1. The van der Waals surface area contributed by atoms with Crippen molar-refractivity contribution in [2.24, 2.45) is 0 Å². The third kappa shape index (κ3) is 3.58. The monoisotopic (exact) mass is 461 g/mol. The van der Waals surface area contributed by atoms with Crippen LogP contribution in [0.25, 0.3) is 11.1 Å². The Kier molecular flexibility index (Phi) is 5.16. The fourth-order valence-corrected chi connectivity index (χ4v) is 5.18. The van der Waals surface area contributed by atoms with Crippen LogP contribution in [-0.2, 0) is 16.0 Å². The van der Waals surface area contributed by atoms with E-state index in [0.29, 0.717) is 53.8 Å². The molecule has 2 atom stereocenters. The van der Waals surface area contributed by atoms with Crippen molar-refractivity contribution in [3.8, 4) is 0 Å². The number of fused-ring (bicyclic) bond motifs is 2. The Morgan fingerprint density at radius 1 is 1.26 bits per heavy atom. The Hall–Kier alpha value is -2.55. The molecule has 8 nitrogen and oxygen atoms in total. The predicted octanol–water partition coefficient (Wildman–Crippen LogP) is 3.46. The van der Waals surface area contributed by atoms with E-state index >= 15 is 0 Å². The largest absolute Gasteiger partial charge is 0.421 e. The predicted molar refractivity (Wildman–Crippen MR) is 118 cm³/mol. The number of anilines is 2. The normalized spacial score (nSPS) is 21.4. The zero-order chi connectivity index (χ0) is 21.7. The molecule has 1 amide bonds. The second-order valence-corrected chi connectivity index (χ2v) is 8.63. The minimum Gasteiger partial charge on any atom is -0.421 e. The van der Waals surface area contributed by atoms with Gasteiger partial charge in [0.2, 0.25) is 0 Å². The molecule has 4 heterocycles. The molecule has 0 spiro atoms. The van der Waals surface area contributed by atoms with Gasteiger partial charge in [0, 0.05) is 23.1 Å².